The molecule has 2 aliphatic carbocycles. The first-order chi connectivity index (χ1) is 10.7. The minimum absolute atomic E-state index is 0.293. The van der Waals surface area contributed by atoms with E-state index in [9.17, 15) is 4.79 Å². The molecule has 1 aromatic heterocycles. The predicted molar refractivity (Wildman–Crippen MR) is 88.5 cm³/mol. The van der Waals surface area contributed by atoms with Crippen molar-refractivity contribution >= 4 is 17.2 Å². The van der Waals surface area contributed by atoms with Gasteiger partial charge in [-0.3, -0.25) is 4.79 Å². The zero-order valence-electron chi connectivity index (χ0n) is 13.3. The van der Waals surface area contributed by atoms with Gasteiger partial charge in [-0.05, 0) is 50.0 Å². The number of carbonyl (C=O) groups is 1. The van der Waals surface area contributed by atoms with Crippen molar-refractivity contribution < 1.29 is 9.53 Å². The number of amides is 1. The molecule has 0 N–H and O–H groups in total. The minimum Gasteiger partial charge on any atom is -0.381 e. The van der Waals surface area contributed by atoms with Gasteiger partial charge in [0.05, 0.1) is 12.2 Å². The molecule has 0 radical (unpaired) electrons. The van der Waals surface area contributed by atoms with Crippen LogP contribution in [0.1, 0.15) is 53.4 Å². The topological polar surface area (TPSA) is 29.5 Å². The van der Waals surface area contributed by atoms with Gasteiger partial charge in [0.1, 0.15) is 0 Å². The number of carbonyl (C=O) groups excluding carboxylic acids is 1. The van der Waals surface area contributed by atoms with Crippen molar-refractivity contribution in [3.05, 3.63) is 21.4 Å². The van der Waals surface area contributed by atoms with Crippen molar-refractivity contribution in [3.8, 4) is 0 Å². The molecule has 2 fully saturated rings. The van der Waals surface area contributed by atoms with Crippen LogP contribution in [0.3, 0.4) is 0 Å². The number of rotatable bonds is 4. The summed E-state index contributed by atoms with van der Waals surface area (Å²) in [5.74, 6) is 1.60. The van der Waals surface area contributed by atoms with Crippen molar-refractivity contribution in [3.63, 3.8) is 0 Å². The van der Waals surface area contributed by atoms with Crippen LogP contribution in [0.5, 0.6) is 0 Å². The maximum absolute atomic E-state index is 13.1. The van der Waals surface area contributed by atoms with Crippen molar-refractivity contribution in [1.82, 2.24) is 4.90 Å². The number of hydrogen-bond donors (Lipinski definition) is 0. The summed E-state index contributed by atoms with van der Waals surface area (Å²) >= 11 is 1.80. The van der Waals surface area contributed by atoms with Crippen LogP contribution in [0, 0.1) is 11.8 Å². The summed E-state index contributed by atoms with van der Waals surface area (Å²) in [6, 6.07) is 0.492. The third-order valence-electron chi connectivity index (χ3n) is 5.36. The molecule has 4 heteroatoms. The Morgan fingerprint density at radius 2 is 2.23 bits per heavy atom. The minimum atomic E-state index is 0.293. The second-order valence-corrected chi connectivity index (χ2v) is 8.28. The Balaban J connectivity index is 1.54. The molecule has 3 aliphatic rings. The fourth-order valence-corrected chi connectivity index (χ4v) is 5.04. The van der Waals surface area contributed by atoms with Crippen LogP contribution in [-0.4, -0.2) is 36.6 Å². The van der Waals surface area contributed by atoms with E-state index in [0.717, 1.165) is 50.5 Å². The van der Waals surface area contributed by atoms with Crippen molar-refractivity contribution in [2.45, 2.75) is 51.5 Å². The van der Waals surface area contributed by atoms with Crippen LogP contribution >= 0.6 is 11.3 Å². The molecule has 1 aliphatic heterocycles. The monoisotopic (exact) mass is 319 g/mol. The molecule has 2 atom stereocenters. The largest absolute Gasteiger partial charge is 0.381 e. The number of fused-ring (bicyclic) bond motifs is 1. The number of thiophene rings is 1. The Morgan fingerprint density at radius 3 is 2.95 bits per heavy atom. The SMILES string of the molecule is C[C@H]1CCc2c(C(=O)N(C[C@H]3CCOC3)C3CC3)csc2C1. The molecular formula is C18H25NO2S. The van der Waals surface area contributed by atoms with Crippen LogP contribution in [0.4, 0.5) is 0 Å². The highest BCUT2D eigenvalue weighted by atomic mass is 32.1. The zero-order valence-corrected chi connectivity index (χ0v) is 14.2. The van der Waals surface area contributed by atoms with Crippen LogP contribution in [-0.2, 0) is 17.6 Å². The zero-order chi connectivity index (χ0) is 15.1. The smallest absolute Gasteiger partial charge is 0.255 e. The summed E-state index contributed by atoms with van der Waals surface area (Å²) in [7, 11) is 0. The molecule has 3 nitrogen and oxygen atoms in total. The van der Waals surface area contributed by atoms with Crippen molar-refractivity contribution in [2.75, 3.05) is 19.8 Å². The first-order valence-corrected chi connectivity index (χ1v) is 9.58. The van der Waals surface area contributed by atoms with Gasteiger partial charge in [0.15, 0.2) is 0 Å². The quantitative estimate of drug-likeness (QED) is 0.850. The Bertz CT molecular complexity index is 557. The van der Waals surface area contributed by atoms with E-state index in [1.807, 2.05) is 0 Å². The molecule has 1 aromatic rings. The lowest BCUT2D eigenvalue weighted by Crippen LogP contribution is -2.37. The van der Waals surface area contributed by atoms with Crippen LogP contribution in [0.15, 0.2) is 5.38 Å². The first kappa shape index (κ1) is 14.7. The number of hydrogen-bond acceptors (Lipinski definition) is 3. The highest BCUT2D eigenvalue weighted by molar-refractivity contribution is 7.10. The molecule has 0 unspecified atom stereocenters. The van der Waals surface area contributed by atoms with Crippen molar-refractivity contribution in [1.29, 1.82) is 0 Å². The van der Waals surface area contributed by atoms with E-state index in [1.165, 1.54) is 29.7 Å². The number of ether oxygens (including phenoxy) is 1. The van der Waals surface area contributed by atoms with Gasteiger partial charge in [0.25, 0.3) is 5.91 Å². The Morgan fingerprint density at radius 1 is 1.36 bits per heavy atom. The summed E-state index contributed by atoms with van der Waals surface area (Å²) in [5, 5.41) is 2.13. The van der Waals surface area contributed by atoms with E-state index < -0.39 is 0 Å². The molecule has 2 heterocycles. The number of nitrogens with zero attached hydrogens (tertiary/aromatic N) is 1. The molecule has 1 saturated carbocycles. The third kappa shape index (κ3) is 2.83. The Hall–Kier alpha value is -0.870. The van der Waals surface area contributed by atoms with Gasteiger partial charge in [0, 0.05) is 35.4 Å². The van der Waals surface area contributed by atoms with E-state index in [4.69, 9.17) is 4.74 Å². The first-order valence-electron chi connectivity index (χ1n) is 8.70. The van der Waals surface area contributed by atoms with E-state index in [1.54, 1.807) is 11.3 Å². The average molecular weight is 319 g/mol. The van der Waals surface area contributed by atoms with Gasteiger partial charge in [-0.25, -0.2) is 0 Å². The van der Waals surface area contributed by atoms with E-state index in [0.29, 0.717) is 17.9 Å². The molecule has 4 rings (SSSR count). The van der Waals surface area contributed by atoms with Crippen molar-refractivity contribution in [2.24, 2.45) is 11.8 Å². The lowest BCUT2D eigenvalue weighted by molar-refractivity contribution is 0.0705. The van der Waals surface area contributed by atoms with Crippen LogP contribution in [0.2, 0.25) is 0 Å². The van der Waals surface area contributed by atoms with Crippen LogP contribution in [0.25, 0.3) is 0 Å². The van der Waals surface area contributed by atoms with Gasteiger partial charge >= 0.3 is 0 Å². The molecule has 120 valence electrons. The molecule has 0 spiro atoms. The second-order valence-electron chi connectivity index (χ2n) is 7.32. The summed E-state index contributed by atoms with van der Waals surface area (Å²) in [4.78, 5) is 16.7. The Labute approximate surface area is 136 Å². The molecule has 0 aromatic carbocycles. The maximum atomic E-state index is 13.1. The normalized spacial score (nSPS) is 27.7. The fourth-order valence-electron chi connectivity index (χ4n) is 3.80. The fraction of sp³-hybridized carbons (Fsp3) is 0.722. The Kier molecular flexibility index (Phi) is 3.99. The van der Waals surface area contributed by atoms with E-state index in [2.05, 4.69) is 17.2 Å². The molecule has 22 heavy (non-hydrogen) atoms. The summed E-state index contributed by atoms with van der Waals surface area (Å²) in [6.45, 7) is 4.91. The predicted octanol–water partition coefficient (Wildman–Crippen LogP) is 3.51. The summed E-state index contributed by atoms with van der Waals surface area (Å²) < 4.78 is 5.50. The molecular weight excluding hydrogens is 294 g/mol. The van der Waals surface area contributed by atoms with Crippen LogP contribution < -0.4 is 0 Å². The maximum Gasteiger partial charge on any atom is 0.255 e. The van der Waals surface area contributed by atoms with E-state index >= 15 is 0 Å². The highest BCUT2D eigenvalue weighted by Gasteiger charge is 2.36. The standard InChI is InChI=1S/C18H25NO2S/c1-12-2-5-15-16(11-22-17(15)8-12)18(20)19(14-3-4-14)9-13-6-7-21-10-13/h11-14H,2-10H2,1H3/t12-,13+/m0/s1. The molecule has 0 bridgehead atoms. The third-order valence-corrected chi connectivity index (χ3v) is 6.41. The van der Waals surface area contributed by atoms with Gasteiger partial charge in [-0.1, -0.05) is 6.92 Å². The lowest BCUT2D eigenvalue weighted by Gasteiger charge is -2.26. The lowest BCUT2D eigenvalue weighted by atomic mass is 9.88. The molecule has 1 amide bonds. The highest BCUT2D eigenvalue weighted by Crippen LogP contribution is 2.36. The average Bonchev–Trinajstić information content (AvgIpc) is 3.06. The van der Waals surface area contributed by atoms with E-state index in [-0.39, 0.29) is 0 Å². The van der Waals surface area contributed by atoms with Gasteiger partial charge in [0.2, 0.25) is 0 Å². The summed E-state index contributed by atoms with van der Waals surface area (Å²) in [5.41, 5.74) is 2.37. The second kappa shape index (κ2) is 5.97. The molecule has 1 saturated heterocycles. The van der Waals surface area contributed by atoms with Gasteiger partial charge in [-0.15, -0.1) is 11.3 Å². The van der Waals surface area contributed by atoms with Gasteiger partial charge in [-0.2, -0.15) is 0 Å². The summed E-state index contributed by atoms with van der Waals surface area (Å²) in [6.07, 6.45) is 6.95. The van der Waals surface area contributed by atoms with Gasteiger partial charge < -0.3 is 9.64 Å².